The number of nitrogens with zero attached hydrogens (tertiary/aromatic N) is 3. The van der Waals surface area contributed by atoms with Gasteiger partial charge in [-0.05, 0) is 86.6 Å². The molecule has 1 saturated heterocycles. The van der Waals surface area contributed by atoms with Crippen molar-refractivity contribution in [2.24, 2.45) is 0 Å². The van der Waals surface area contributed by atoms with Gasteiger partial charge in [0.25, 0.3) is 5.91 Å². The minimum atomic E-state index is -4.07. The third-order valence-corrected chi connectivity index (χ3v) is 8.99. The number of rotatable bonds is 7. The molecule has 190 valence electrons. The maximum absolute atomic E-state index is 13.4. The van der Waals surface area contributed by atoms with Crippen molar-refractivity contribution in [3.63, 3.8) is 0 Å². The fraction of sp³-hybridized carbons (Fsp3) is 0.192. The Labute approximate surface area is 213 Å². The minimum Gasteiger partial charge on any atom is -0.457 e. The lowest BCUT2D eigenvalue weighted by atomic mass is 9.96. The molecule has 1 aromatic heterocycles. The lowest BCUT2D eigenvalue weighted by molar-refractivity contribution is -0.132. The Morgan fingerprint density at radius 1 is 0.946 bits per heavy atom. The summed E-state index contributed by atoms with van der Waals surface area (Å²) in [6, 6.07) is 23.0. The van der Waals surface area contributed by atoms with Crippen LogP contribution in [0.2, 0.25) is 0 Å². The number of sulfone groups is 1. The fourth-order valence-corrected chi connectivity index (χ4v) is 6.37. The van der Waals surface area contributed by atoms with Gasteiger partial charge in [0.1, 0.15) is 17.2 Å². The van der Waals surface area contributed by atoms with E-state index in [2.05, 4.69) is 15.6 Å². The normalized spacial score (nSPS) is 15.2. The van der Waals surface area contributed by atoms with Crippen molar-refractivity contribution < 1.29 is 23.2 Å². The summed E-state index contributed by atoms with van der Waals surface area (Å²) in [5.41, 5.74) is 3.63. The molecule has 4 aromatic rings. The SMILES string of the molecule is O=C(NO)C1(S(=O)(=O)c2ccc(-n3cc(-c4ccc(Oc5ccccc5)cc4)nn3)cc2)CCNCC1. The van der Waals surface area contributed by atoms with Crippen LogP contribution in [-0.2, 0) is 14.6 Å². The van der Waals surface area contributed by atoms with E-state index in [1.54, 1.807) is 28.5 Å². The second-order valence-corrected chi connectivity index (χ2v) is 10.9. The summed E-state index contributed by atoms with van der Waals surface area (Å²) >= 11 is 0. The van der Waals surface area contributed by atoms with E-state index in [9.17, 15) is 18.4 Å². The van der Waals surface area contributed by atoms with Crippen LogP contribution in [-0.4, -0.2) is 52.4 Å². The summed E-state index contributed by atoms with van der Waals surface area (Å²) in [6.45, 7) is 0.706. The van der Waals surface area contributed by atoms with Crippen molar-refractivity contribution in [1.29, 1.82) is 0 Å². The molecule has 0 spiro atoms. The zero-order valence-electron chi connectivity index (χ0n) is 19.7. The average Bonchev–Trinajstić information content (AvgIpc) is 3.44. The summed E-state index contributed by atoms with van der Waals surface area (Å²) < 4.78 is 32.5. The fourth-order valence-electron chi connectivity index (χ4n) is 4.39. The van der Waals surface area contributed by atoms with Crippen molar-refractivity contribution >= 4 is 15.7 Å². The van der Waals surface area contributed by atoms with E-state index in [1.165, 1.54) is 12.1 Å². The highest BCUT2D eigenvalue weighted by Gasteiger charge is 2.51. The van der Waals surface area contributed by atoms with Gasteiger partial charge in [-0.2, -0.15) is 0 Å². The van der Waals surface area contributed by atoms with E-state index in [1.807, 2.05) is 54.6 Å². The van der Waals surface area contributed by atoms with Gasteiger partial charge >= 0.3 is 0 Å². The predicted octanol–water partition coefficient (Wildman–Crippen LogP) is 3.13. The Kier molecular flexibility index (Phi) is 6.74. The molecule has 10 nitrogen and oxygen atoms in total. The summed E-state index contributed by atoms with van der Waals surface area (Å²) in [5, 5.41) is 20.7. The zero-order valence-corrected chi connectivity index (χ0v) is 20.6. The number of ether oxygens (including phenoxy) is 1. The van der Waals surface area contributed by atoms with E-state index in [4.69, 9.17) is 4.74 Å². The number of carbonyl (C=O) groups is 1. The molecule has 1 aliphatic rings. The van der Waals surface area contributed by atoms with E-state index < -0.39 is 20.5 Å². The highest BCUT2D eigenvalue weighted by Crippen LogP contribution is 2.34. The van der Waals surface area contributed by atoms with Gasteiger partial charge < -0.3 is 10.1 Å². The Morgan fingerprint density at radius 3 is 2.24 bits per heavy atom. The topological polar surface area (TPSA) is 135 Å². The molecule has 0 atom stereocenters. The van der Waals surface area contributed by atoms with Crippen LogP contribution in [0.3, 0.4) is 0 Å². The number of amides is 1. The van der Waals surface area contributed by atoms with Crippen LogP contribution >= 0.6 is 0 Å². The second-order valence-electron chi connectivity index (χ2n) is 8.67. The number of aromatic nitrogens is 3. The maximum Gasteiger partial charge on any atom is 0.265 e. The predicted molar refractivity (Wildman–Crippen MR) is 135 cm³/mol. The van der Waals surface area contributed by atoms with Gasteiger partial charge in [-0.25, -0.2) is 18.6 Å². The Balaban J connectivity index is 1.34. The molecule has 11 heteroatoms. The molecular formula is C26H25N5O5S. The molecular weight excluding hydrogens is 494 g/mol. The Bertz CT molecular complexity index is 1480. The lowest BCUT2D eigenvalue weighted by Gasteiger charge is -2.34. The molecule has 3 N–H and O–H groups in total. The van der Waals surface area contributed by atoms with Gasteiger partial charge in [0.15, 0.2) is 14.6 Å². The molecule has 0 saturated carbocycles. The molecule has 0 bridgehead atoms. The highest BCUT2D eigenvalue weighted by atomic mass is 32.2. The van der Waals surface area contributed by atoms with Gasteiger partial charge in [-0.3, -0.25) is 10.0 Å². The molecule has 1 amide bonds. The van der Waals surface area contributed by atoms with Crippen LogP contribution in [0.5, 0.6) is 11.5 Å². The number of para-hydroxylation sites is 1. The molecule has 37 heavy (non-hydrogen) atoms. The number of benzene rings is 3. The molecule has 0 aliphatic carbocycles. The number of hydroxylamine groups is 1. The van der Waals surface area contributed by atoms with Gasteiger partial charge in [0, 0.05) is 5.56 Å². The van der Waals surface area contributed by atoms with E-state index in [-0.39, 0.29) is 17.7 Å². The molecule has 5 rings (SSSR count). The van der Waals surface area contributed by atoms with Crippen LogP contribution < -0.4 is 15.5 Å². The number of nitrogens with one attached hydrogen (secondary N) is 2. The van der Waals surface area contributed by atoms with Gasteiger partial charge in [-0.1, -0.05) is 23.4 Å². The third-order valence-electron chi connectivity index (χ3n) is 6.47. The van der Waals surface area contributed by atoms with Crippen molar-refractivity contribution in [2.45, 2.75) is 22.5 Å². The summed E-state index contributed by atoms with van der Waals surface area (Å²) in [7, 11) is -4.07. The summed E-state index contributed by atoms with van der Waals surface area (Å²) in [4.78, 5) is 12.4. The first-order chi connectivity index (χ1) is 17.9. The maximum atomic E-state index is 13.4. The largest absolute Gasteiger partial charge is 0.457 e. The molecule has 0 radical (unpaired) electrons. The molecule has 3 aromatic carbocycles. The van der Waals surface area contributed by atoms with E-state index in [0.29, 0.717) is 30.2 Å². The first kappa shape index (κ1) is 24.6. The van der Waals surface area contributed by atoms with Gasteiger partial charge in [-0.15, -0.1) is 5.10 Å². The molecule has 1 aliphatic heterocycles. The monoisotopic (exact) mass is 519 g/mol. The Hall–Kier alpha value is -4.06. The third kappa shape index (κ3) is 4.71. The Morgan fingerprint density at radius 2 is 1.59 bits per heavy atom. The van der Waals surface area contributed by atoms with Gasteiger partial charge in [0.05, 0.1) is 16.8 Å². The first-order valence-electron chi connectivity index (χ1n) is 11.7. The highest BCUT2D eigenvalue weighted by molar-refractivity contribution is 7.93. The molecule has 0 unspecified atom stereocenters. The average molecular weight is 520 g/mol. The lowest BCUT2D eigenvalue weighted by Crippen LogP contribution is -2.57. The van der Waals surface area contributed by atoms with Crippen LogP contribution in [0.4, 0.5) is 0 Å². The standard InChI is InChI=1S/C26H25N5O5S/c32-25(29-33)26(14-16-27-17-15-26)37(34,35)23-12-8-20(9-13-23)31-18-24(28-30-31)19-6-10-22(11-7-19)36-21-4-2-1-3-5-21/h1-13,18,27,33H,14-17H2,(H,29,32). The van der Waals surface area contributed by atoms with Crippen LogP contribution in [0.1, 0.15) is 12.8 Å². The van der Waals surface area contributed by atoms with Crippen LogP contribution in [0.25, 0.3) is 16.9 Å². The summed E-state index contributed by atoms with van der Waals surface area (Å²) in [6.07, 6.45) is 1.86. The van der Waals surface area contributed by atoms with Crippen molar-refractivity contribution in [3.05, 3.63) is 85.1 Å². The van der Waals surface area contributed by atoms with Crippen molar-refractivity contribution in [1.82, 2.24) is 25.8 Å². The number of piperidine rings is 1. The number of carbonyl (C=O) groups excluding carboxylic acids is 1. The smallest absolute Gasteiger partial charge is 0.265 e. The first-order valence-corrected chi connectivity index (χ1v) is 13.2. The van der Waals surface area contributed by atoms with E-state index in [0.717, 1.165) is 11.3 Å². The number of hydrogen-bond donors (Lipinski definition) is 3. The molecule has 2 heterocycles. The zero-order chi connectivity index (χ0) is 25.9. The van der Waals surface area contributed by atoms with Crippen molar-refractivity contribution in [2.75, 3.05) is 13.1 Å². The summed E-state index contributed by atoms with van der Waals surface area (Å²) in [5.74, 6) is 0.523. The minimum absolute atomic E-state index is 0.00362. The van der Waals surface area contributed by atoms with Crippen LogP contribution in [0, 0.1) is 0 Å². The van der Waals surface area contributed by atoms with Crippen LogP contribution in [0.15, 0.2) is 90.0 Å². The number of hydrogen-bond acceptors (Lipinski definition) is 8. The second kappa shape index (κ2) is 10.1. The van der Waals surface area contributed by atoms with E-state index >= 15 is 0 Å². The molecule has 1 fully saturated rings. The van der Waals surface area contributed by atoms with Gasteiger partial charge in [0.2, 0.25) is 0 Å². The quantitative estimate of drug-likeness (QED) is 0.250. The van der Waals surface area contributed by atoms with Crippen molar-refractivity contribution in [3.8, 4) is 28.4 Å².